The van der Waals surface area contributed by atoms with E-state index >= 15 is 0 Å². The highest BCUT2D eigenvalue weighted by Crippen LogP contribution is 2.37. The highest BCUT2D eigenvalue weighted by molar-refractivity contribution is 9.10. The first kappa shape index (κ1) is 14.2. The lowest BCUT2D eigenvalue weighted by Crippen LogP contribution is -2.05. The number of benzene rings is 2. The number of hydrogen-bond donors (Lipinski definition) is 0. The zero-order valence-corrected chi connectivity index (χ0v) is 14.7. The van der Waals surface area contributed by atoms with Crippen LogP contribution in [0.3, 0.4) is 0 Å². The quantitative estimate of drug-likeness (QED) is 0.604. The maximum atomic E-state index is 5.76. The van der Waals surface area contributed by atoms with Crippen LogP contribution in [0.15, 0.2) is 40.9 Å². The summed E-state index contributed by atoms with van der Waals surface area (Å²) in [5.74, 6) is 1.03. The van der Waals surface area contributed by atoms with Crippen LogP contribution in [0.25, 0.3) is 0 Å². The molecule has 1 heterocycles. The predicted octanol–water partition coefficient (Wildman–Crippen LogP) is 5.57. The molecule has 0 saturated carbocycles. The summed E-state index contributed by atoms with van der Waals surface area (Å²) in [5, 5.41) is 0. The highest BCUT2D eigenvalue weighted by Gasteiger charge is 2.21. The lowest BCUT2D eigenvalue weighted by Gasteiger charge is -2.13. The van der Waals surface area contributed by atoms with Crippen molar-refractivity contribution >= 4 is 31.9 Å². The van der Waals surface area contributed by atoms with Crippen LogP contribution in [0.1, 0.15) is 34.0 Å². The van der Waals surface area contributed by atoms with Gasteiger partial charge in [-0.05, 0) is 54.3 Å². The van der Waals surface area contributed by atoms with Gasteiger partial charge in [0.2, 0.25) is 0 Å². The van der Waals surface area contributed by atoms with E-state index in [2.05, 4.69) is 82.1 Å². The van der Waals surface area contributed by atoms with Gasteiger partial charge in [-0.1, -0.05) is 50.1 Å². The molecule has 1 aliphatic rings. The van der Waals surface area contributed by atoms with Gasteiger partial charge in [-0.3, -0.25) is 0 Å². The summed E-state index contributed by atoms with van der Waals surface area (Å²) < 4.78 is 6.88. The van der Waals surface area contributed by atoms with Crippen molar-refractivity contribution in [2.24, 2.45) is 0 Å². The number of halogens is 2. The van der Waals surface area contributed by atoms with Gasteiger partial charge in [-0.15, -0.1) is 0 Å². The van der Waals surface area contributed by atoms with Crippen LogP contribution in [0.2, 0.25) is 0 Å². The number of aryl methyl sites for hydroxylation is 1. The van der Waals surface area contributed by atoms with Gasteiger partial charge in [-0.2, -0.15) is 0 Å². The van der Waals surface area contributed by atoms with Crippen molar-refractivity contribution in [2.75, 3.05) is 0 Å². The fourth-order valence-electron chi connectivity index (χ4n) is 2.70. The van der Waals surface area contributed by atoms with E-state index in [-0.39, 0.29) is 4.83 Å². The van der Waals surface area contributed by atoms with Crippen molar-refractivity contribution in [3.8, 4) is 5.75 Å². The molecule has 0 aliphatic carbocycles. The Kier molecular flexibility index (Phi) is 3.91. The minimum atomic E-state index is 0.208. The van der Waals surface area contributed by atoms with Crippen LogP contribution in [0.5, 0.6) is 5.75 Å². The average Bonchev–Trinajstić information content (AvgIpc) is 2.75. The van der Waals surface area contributed by atoms with Gasteiger partial charge in [0.1, 0.15) is 11.9 Å². The number of rotatable bonds is 2. The monoisotopic (exact) mass is 394 g/mol. The Morgan fingerprint density at radius 2 is 1.95 bits per heavy atom. The predicted molar refractivity (Wildman–Crippen MR) is 89.9 cm³/mol. The molecular formula is C17H16Br2O. The molecule has 0 spiro atoms. The third kappa shape index (κ3) is 2.79. The summed E-state index contributed by atoms with van der Waals surface area (Å²) in [6.45, 7) is 4.23. The summed E-state index contributed by atoms with van der Waals surface area (Å²) in [6.07, 6.45) is 1.29. The second-order valence-corrected chi connectivity index (χ2v) is 7.26. The summed E-state index contributed by atoms with van der Waals surface area (Å²) in [4.78, 5) is 0.208. The number of alkyl halides is 1. The van der Waals surface area contributed by atoms with Gasteiger partial charge in [0, 0.05) is 10.9 Å². The van der Waals surface area contributed by atoms with E-state index in [1.165, 1.54) is 22.3 Å². The van der Waals surface area contributed by atoms with Crippen molar-refractivity contribution in [3.63, 3.8) is 0 Å². The van der Waals surface area contributed by atoms with E-state index in [0.717, 1.165) is 16.6 Å². The Morgan fingerprint density at radius 3 is 2.70 bits per heavy atom. The van der Waals surface area contributed by atoms with Gasteiger partial charge in [0.05, 0.1) is 4.83 Å². The first-order valence-corrected chi connectivity index (χ1v) is 8.44. The van der Waals surface area contributed by atoms with Gasteiger partial charge in [0.25, 0.3) is 0 Å². The Morgan fingerprint density at radius 1 is 1.15 bits per heavy atom. The fourth-order valence-corrected chi connectivity index (χ4v) is 3.88. The lowest BCUT2D eigenvalue weighted by atomic mass is 10.00. The Balaban J connectivity index is 1.95. The molecule has 104 valence electrons. The molecule has 0 fully saturated rings. The van der Waals surface area contributed by atoms with Crippen LogP contribution < -0.4 is 4.74 Å². The summed E-state index contributed by atoms with van der Waals surface area (Å²) >= 11 is 7.39. The van der Waals surface area contributed by atoms with Gasteiger partial charge in [-0.25, -0.2) is 0 Å². The minimum Gasteiger partial charge on any atom is -0.490 e. The molecule has 0 radical (unpaired) electrons. The fraction of sp³-hybridized carbons (Fsp3) is 0.294. The molecule has 3 rings (SSSR count). The van der Waals surface area contributed by atoms with Crippen LogP contribution in [-0.4, -0.2) is 6.10 Å². The number of hydrogen-bond acceptors (Lipinski definition) is 1. The molecular weight excluding hydrogens is 380 g/mol. The van der Waals surface area contributed by atoms with Gasteiger partial charge in [0.15, 0.2) is 0 Å². The van der Waals surface area contributed by atoms with Crippen LogP contribution in [-0.2, 0) is 6.42 Å². The van der Waals surface area contributed by atoms with Gasteiger partial charge < -0.3 is 4.74 Å². The Hall–Kier alpha value is -0.800. The van der Waals surface area contributed by atoms with Gasteiger partial charge >= 0.3 is 0 Å². The summed E-state index contributed by atoms with van der Waals surface area (Å²) in [6, 6.07) is 13.0. The van der Waals surface area contributed by atoms with E-state index in [4.69, 9.17) is 4.74 Å². The molecule has 0 aromatic heterocycles. The second kappa shape index (κ2) is 5.53. The Labute approximate surface area is 136 Å². The van der Waals surface area contributed by atoms with Crippen LogP contribution in [0.4, 0.5) is 0 Å². The maximum absolute atomic E-state index is 5.76. The third-order valence-electron chi connectivity index (χ3n) is 3.57. The molecule has 1 aliphatic heterocycles. The van der Waals surface area contributed by atoms with Crippen LogP contribution >= 0.6 is 31.9 Å². The minimum absolute atomic E-state index is 0.208. The standard InChI is InChI=1S/C17H16Br2O/c1-10-5-14(9-15(18)6-10)17(19)12-3-4-16-13(8-12)7-11(2)20-16/h3-6,8-9,11,17H,7H2,1-2H3. The summed E-state index contributed by atoms with van der Waals surface area (Å²) in [7, 11) is 0. The molecule has 0 saturated heterocycles. The maximum Gasteiger partial charge on any atom is 0.123 e. The molecule has 0 amide bonds. The van der Waals surface area contributed by atoms with E-state index in [0.29, 0.717) is 6.10 Å². The topological polar surface area (TPSA) is 9.23 Å². The number of ether oxygens (including phenoxy) is 1. The first-order valence-electron chi connectivity index (χ1n) is 6.73. The molecule has 1 nitrogen and oxygen atoms in total. The van der Waals surface area contributed by atoms with Crippen molar-refractivity contribution in [1.82, 2.24) is 0 Å². The second-order valence-electron chi connectivity index (χ2n) is 5.42. The zero-order chi connectivity index (χ0) is 14.3. The third-order valence-corrected chi connectivity index (χ3v) is 5.08. The molecule has 2 aromatic rings. The smallest absolute Gasteiger partial charge is 0.123 e. The van der Waals surface area contributed by atoms with Crippen molar-refractivity contribution in [1.29, 1.82) is 0 Å². The lowest BCUT2D eigenvalue weighted by molar-refractivity contribution is 0.254. The average molecular weight is 396 g/mol. The van der Waals surface area contributed by atoms with Crippen molar-refractivity contribution < 1.29 is 4.74 Å². The highest BCUT2D eigenvalue weighted by atomic mass is 79.9. The normalized spacial score (nSPS) is 18.5. The van der Waals surface area contributed by atoms with Crippen LogP contribution in [0, 0.1) is 6.92 Å². The molecule has 2 aromatic carbocycles. The van der Waals surface area contributed by atoms with Crippen molar-refractivity contribution in [3.05, 3.63) is 63.1 Å². The summed E-state index contributed by atoms with van der Waals surface area (Å²) in [5.41, 5.74) is 5.12. The van der Waals surface area contributed by atoms with E-state index in [1.807, 2.05) is 0 Å². The largest absolute Gasteiger partial charge is 0.490 e. The molecule has 3 heteroatoms. The zero-order valence-electron chi connectivity index (χ0n) is 11.5. The molecule has 0 bridgehead atoms. The van der Waals surface area contributed by atoms with E-state index in [1.54, 1.807) is 0 Å². The first-order chi connectivity index (χ1) is 9.52. The Bertz CT molecular complexity index is 631. The molecule has 2 unspecified atom stereocenters. The molecule has 0 N–H and O–H groups in total. The van der Waals surface area contributed by atoms with Crippen molar-refractivity contribution in [2.45, 2.75) is 31.2 Å². The van der Waals surface area contributed by atoms with E-state index < -0.39 is 0 Å². The molecule has 20 heavy (non-hydrogen) atoms. The SMILES string of the molecule is Cc1cc(Br)cc(C(Br)c2ccc3c(c2)CC(C)O3)c1. The molecule has 2 atom stereocenters. The number of fused-ring (bicyclic) bond motifs is 1. The van der Waals surface area contributed by atoms with E-state index in [9.17, 15) is 0 Å².